The Morgan fingerprint density at radius 1 is 0.689 bits per heavy atom. The first-order valence-electron chi connectivity index (χ1n) is 24.1. The molecule has 0 radical (unpaired) electrons. The highest BCUT2D eigenvalue weighted by atomic mass is 32.1. The lowest BCUT2D eigenvalue weighted by atomic mass is 9.87. The van der Waals surface area contributed by atoms with Gasteiger partial charge in [0.25, 0.3) is 11.8 Å². The summed E-state index contributed by atoms with van der Waals surface area (Å²) in [5.74, 6) is 0.254. The summed E-state index contributed by atoms with van der Waals surface area (Å²) < 4.78 is 3.68. The second-order valence-electron chi connectivity index (χ2n) is 17.8. The number of amides is 2. The maximum Gasteiger partial charge on any atom is 0.257 e. The molecule has 0 spiro atoms. The summed E-state index contributed by atoms with van der Waals surface area (Å²) in [6.45, 7) is 4.20. The average Bonchev–Trinajstić information content (AvgIpc) is 4.26. The molecule has 0 saturated carbocycles. The van der Waals surface area contributed by atoms with Crippen LogP contribution in [0.3, 0.4) is 0 Å². The van der Waals surface area contributed by atoms with E-state index in [-0.39, 0.29) is 17.9 Å². The SMILES string of the molecule is C=CC#N.N#CCCC[C@H]1CCc2nc(NC(=O)c3cccc(Cn4cc(-c5ccc(C#N)cc5)cn4)c3)sc2C1.N#Cc1ccc(-c2cnn(Cc3cccc(C(=O)Nc4nc5c(s4)C[C@@H](N)CC5)c3)c2)cc1. The molecule has 17 heteroatoms. The smallest absolute Gasteiger partial charge is 0.257 e. The van der Waals surface area contributed by atoms with Crippen LogP contribution in [-0.2, 0) is 38.8 Å². The number of thiazole rings is 2. The number of nitriles is 4. The van der Waals surface area contributed by atoms with Crippen molar-refractivity contribution in [2.75, 3.05) is 10.6 Å². The molecule has 15 nitrogen and oxygen atoms in total. The van der Waals surface area contributed by atoms with Gasteiger partial charge in [-0.25, -0.2) is 9.97 Å². The van der Waals surface area contributed by atoms with Gasteiger partial charge in [-0.15, -0.1) is 22.7 Å². The summed E-state index contributed by atoms with van der Waals surface area (Å²) in [7, 11) is 0. The van der Waals surface area contributed by atoms with E-state index in [9.17, 15) is 9.59 Å². The second kappa shape index (κ2) is 25.0. The maximum atomic E-state index is 13.0. The number of nitrogens with two attached hydrogens (primary N) is 1. The predicted octanol–water partition coefficient (Wildman–Crippen LogP) is 10.7. The van der Waals surface area contributed by atoms with Crippen molar-refractivity contribution in [3.63, 3.8) is 0 Å². The highest BCUT2D eigenvalue weighted by Crippen LogP contribution is 2.35. The fourth-order valence-electron chi connectivity index (χ4n) is 8.67. The Morgan fingerprint density at radius 2 is 1.18 bits per heavy atom. The third-order valence-electron chi connectivity index (χ3n) is 12.5. The number of fused-ring (bicyclic) bond motifs is 2. The number of aryl methyl sites for hydroxylation is 2. The number of nitrogens with one attached hydrogen (secondary N) is 2. The molecule has 0 unspecified atom stereocenters. The van der Waals surface area contributed by atoms with Crippen LogP contribution in [-0.4, -0.2) is 47.4 Å². The summed E-state index contributed by atoms with van der Waals surface area (Å²) in [4.78, 5) is 37.5. The Kier molecular flexibility index (Phi) is 17.4. The van der Waals surface area contributed by atoms with Crippen molar-refractivity contribution in [3.8, 4) is 46.5 Å². The van der Waals surface area contributed by atoms with Gasteiger partial charge in [-0.05, 0) is 128 Å². The van der Waals surface area contributed by atoms with Crippen molar-refractivity contribution in [1.82, 2.24) is 29.5 Å². The lowest BCUT2D eigenvalue weighted by Gasteiger charge is -2.20. The minimum Gasteiger partial charge on any atom is -0.327 e. The largest absolute Gasteiger partial charge is 0.327 e. The van der Waals surface area contributed by atoms with Crippen LogP contribution in [0, 0.1) is 51.2 Å². The number of carbonyl (C=O) groups excluding carboxylic acids is 2. The summed E-state index contributed by atoms with van der Waals surface area (Å²) in [6.07, 6.45) is 17.0. The minimum atomic E-state index is -0.175. The standard InChI is InChI=1S/C29H26N6OS.C25H22N6OS.C3H3N/c30-13-2-1-4-20-9-12-26-27(15-20)37-29(33-26)34-28(36)24-6-3-5-22(14-24)18-35-19-25(17-32-35)23-10-7-21(16-31)8-11-23;26-12-16-4-6-18(7-5-16)20-13-28-31(15-20)14-17-2-1-3-19(10-17)24(32)30-25-29-22-9-8-21(27)11-23(22)33-25;1-2-3-4/h3,5-8,10-11,14,17,19-20H,1-2,4,9,12,15,18H2,(H,33,34,36);1-7,10,13,15,21H,8-9,11,14,27H2,(H,29,30,32);2H,1H2/t20-;21-;/m00./s1. The minimum absolute atomic E-state index is 0.169. The van der Waals surface area contributed by atoms with E-state index < -0.39 is 0 Å². The summed E-state index contributed by atoms with van der Waals surface area (Å²) in [5, 5.41) is 50.3. The summed E-state index contributed by atoms with van der Waals surface area (Å²) in [6, 6.07) is 38.3. The molecule has 4 aromatic heterocycles. The van der Waals surface area contributed by atoms with E-state index in [4.69, 9.17) is 26.8 Å². The van der Waals surface area contributed by atoms with E-state index >= 15 is 0 Å². The van der Waals surface area contributed by atoms with Gasteiger partial charge in [-0.3, -0.25) is 29.6 Å². The van der Waals surface area contributed by atoms with Crippen LogP contribution in [0.5, 0.6) is 0 Å². The number of hydrogen-bond donors (Lipinski definition) is 3. The molecule has 368 valence electrons. The van der Waals surface area contributed by atoms with Gasteiger partial charge in [0.1, 0.15) is 0 Å². The molecular formula is C57H51N13O2S2. The molecule has 4 aromatic carbocycles. The van der Waals surface area contributed by atoms with Gasteiger partial charge >= 0.3 is 0 Å². The fourth-order valence-corrected chi connectivity index (χ4v) is 10.9. The Labute approximate surface area is 437 Å². The van der Waals surface area contributed by atoms with Gasteiger partial charge < -0.3 is 5.73 Å². The molecule has 0 saturated heterocycles. The van der Waals surface area contributed by atoms with E-state index in [1.54, 1.807) is 60.1 Å². The molecule has 74 heavy (non-hydrogen) atoms. The lowest BCUT2D eigenvalue weighted by Crippen LogP contribution is -2.27. The molecule has 4 heterocycles. The zero-order valence-corrected chi connectivity index (χ0v) is 42.1. The Hall–Kier alpha value is -8.84. The van der Waals surface area contributed by atoms with Gasteiger partial charge in [0, 0.05) is 62.9 Å². The van der Waals surface area contributed by atoms with Gasteiger partial charge in [-0.1, -0.05) is 55.1 Å². The van der Waals surface area contributed by atoms with Gasteiger partial charge in [0.15, 0.2) is 10.3 Å². The van der Waals surface area contributed by atoms with Crippen LogP contribution in [0.4, 0.5) is 10.3 Å². The molecule has 0 fully saturated rings. The molecule has 0 bridgehead atoms. The topological polar surface area (TPSA) is 241 Å². The number of aromatic nitrogens is 6. The first kappa shape index (κ1) is 51.5. The Morgan fingerprint density at radius 3 is 1.65 bits per heavy atom. The van der Waals surface area contributed by atoms with Crippen molar-refractivity contribution < 1.29 is 9.59 Å². The monoisotopic (exact) mass is 1010 g/mol. The zero-order chi connectivity index (χ0) is 51.8. The molecule has 10 rings (SSSR count). The molecular weight excluding hydrogens is 963 g/mol. The van der Waals surface area contributed by atoms with E-state index in [2.05, 4.69) is 55.6 Å². The molecule has 2 amide bonds. The van der Waals surface area contributed by atoms with Crippen LogP contribution in [0.2, 0.25) is 0 Å². The Balaban J connectivity index is 0.000000185. The second-order valence-corrected chi connectivity index (χ2v) is 20.0. The molecule has 2 aliphatic rings. The third kappa shape index (κ3) is 13.8. The maximum absolute atomic E-state index is 13.0. The fraction of sp³-hybridized carbons (Fsp3) is 0.228. The van der Waals surface area contributed by atoms with Crippen LogP contribution in [0.25, 0.3) is 22.3 Å². The van der Waals surface area contributed by atoms with Gasteiger partial charge in [0.2, 0.25) is 0 Å². The number of carbonyl (C=O) groups is 2. The van der Waals surface area contributed by atoms with E-state index in [0.717, 1.165) is 96.1 Å². The Bertz CT molecular complexity index is 3430. The zero-order valence-electron chi connectivity index (χ0n) is 40.4. The van der Waals surface area contributed by atoms with Crippen LogP contribution in [0.1, 0.15) is 96.2 Å². The number of nitrogens with zero attached hydrogens (tertiary/aromatic N) is 10. The first-order valence-corrected chi connectivity index (χ1v) is 25.7. The molecule has 2 atom stereocenters. The average molecular weight is 1010 g/mol. The molecule has 4 N–H and O–H groups in total. The number of rotatable bonds is 13. The normalized spacial score (nSPS) is 14.1. The molecule has 0 aliphatic heterocycles. The summed E-state index contributed by atoms with van der Waals surface area (Å²) >= 11 is 3.09. The third-order valence-corrected chi connectivity index (χ3v) is 14.6. The quantitative estimate of drug-likeness (QED) is 0.0725. The van der Waals surface area contributed by atoms with Crippen molar-refractivity contribution >= 4 is 44.8 Å². The van der Waals surface area contributed by atoms with Crippen molar-refractivity contribution in [3.05, 3.63) is 189 Å². The number of unbranched alkanes of at least 4 members (excludes halogenated alkanes) is 1. The lowest BCUT2D eigenvalue weighted by molar-refractivity contribution is 0.101. The highest BCUT2D eigenvalue weighted by molar-refractivity contribution is 7.16. The van der Waals surface area contributed by atoms with Gasteiger partial charge in [0.05, 0.1) is 72.3 Å². The van der Waals surface area contributed by atoms with Gasteiger partial charge in [-0.2, -0.15) is 31.2 Å². The van der Waals surface area contributed by atoms with Crippen LogP contribution in [0.15, 0.2) is 135 Å². The van der Waals surface area contributed by atoms with Crippen LogP contribution >= 0.6 is 22.7 Å². The molecule has 8 aromatic rings. The van der Waals surface area contributed by atoms with Crippen molar-refractivity contribution in [2.24, 2.45) is 11.7 Å². The van der Waals surface area contributed by atoms with Crippen molar-refractivity contribution in [1.29, 1.82) is 21.0 Å². The van der Waals surface area contributed by atoms with E-state index in [1.807, 2.05) is 88.5 Å². The highest BCUT2D eigenvalue weighted by Gasteiger charge is 2.24. The van der Waals surface area contributed by atoms with E-state index in [0.29, 0.717) is 57.9 Å². The number of hydrogen-bond acceptors (Lipinski definition) is 13. The van der Waals surface area contributed by atoms with Crippen molar-refractivity contribution in [2.45, 2.75) is 76.9 Å². The van der Waals surface area contributed by atoms with E-state index in [1.165, 1.54) is 27.2 Å². The predicted molar refractivity (Wildman–Crippen MR) is 287 cm³/mol. The molecule has 2 aliphatic carbocycles. The number of allylic oxidation sites excluding steroid dienone is 1. The number of anilines is 2. The summed E-state index contributed by atoms with van der Waals surface area (Å²) in [5.41, 5.74) is 16.5. The first-order chi connectivity index (χ1) is 36.1. The number of benzene rings is 4. The van der Waals surface area contributed by atoms with Crippen LogP contribution < -0.4 is 16.4 Å².